The van der Waals surface area contributed by atoms with Gasteiger partial charge in [-0.05, 0) is 74.5 Å². The van der Waals surface area contributed by atoms with E-state index in [-0.39, 0.29) is 16.2 Å². The van der Waals surface area contributed by atoms with Gasteiger partial charge in [0, 0.05) is 5.02 Å². The van der Waals surface area contributed by atoms with E-state index in [1.54, 1.807) is 42.5 Å². The van der Waals surface area contributed by atoms with Gasteiger partial charge in [0.05, 0.1) is 28.3 Å². The summed E-state index contributed by atoms with van der Waals surface area (Å²) in [6.07, 6.45) is 1.54. The molecule has 0 N–H and O–H groups in total. The van der Waals surface area contributed by atoms with Crippen LogP contribution >= 0.6 is 35.0 Å². The molecular weight excluding hydrogens is 433 g/mol. The smallest absolute Gasteiger partial charge is 0.298 e. The SMILES string of the molecule is CCOc1cc(/C=C2/SC(=O)N(c3cccc(Cl)c3)C2=O)cc(Cl)c1OC(C)C. The molecule has 8 heteroatoms. The fraction of sp³-hybridized carbons (Fsp3) is 0.238. The van der Waals surface area contributed by atoms with Crippen molar-refractivity contribution >= 4 is 57.9 Å². The number of hydrogen-bond donors (Lipinski definition) is 0. The molecule has 1 fully saturated rings. The van der Waals surface area contributed by atoms with Gasteiger partial charge in [0.1, 0.15) is 0 Å². The summed E-state index contributed by atoms with van der Waals surface area (Å²) in [5, 5.41) is 0.420. The fourth-order valence-corrected chi connectivity index (χ4v) is 4.03. The Labute approximate surface area is 183 Å². The van der Waals surface area contributed by atoms with Crippen molar-refractivity contribution in [3.63, 3.8) is 0 Å². The highest BCUT2D eigenvalue weighted by atomic mass is 35.5. The Morgan fingerprint density at radius 1 is 1.17 bits per heavy atom. The van der Waals surface area contributed by atoms with Crippen molar-refractivity contribution in [2.75, 3.05) is 11.5 Å². The van der Waals surface area contributed by atoms with Gasteiger partial charge in [-0.1, -0.05) is 29.3 Å². The fourth-order valence-electron chi connectivity index (χ4n) is 2.74. The number of thioether (sulfide) groups is 1. The highest BCUT2D eigenvalue weighted by Gasteiger charge is 2.36. The lowest BCUT2D eigenvalue weighted by molar-refractivity contribution is -0.113. The van der Waals surface area contributed by atoms with E-state index < -0.39 is 5.91 Å². The Hall–Kier alpha value is -2.15. The van der Waals surface area contributed by atoms with Crippen LogP contribution in [-0.4, -0.2) is 23.9 Å². The quantitative estimate of drug-likeness (QED) is 0.474. The van der Waals surface area contributed by atoms with Crippen LogP contribution in [0.5, 0.6) is 11.5 Å². The van der Waals surface area contributed by atoms with E-state index in [9.17, 15) is 9.59 Å². The third-order valence-electron chi connectivity index (χ3n) is 3.84. The summed E-state index contributed by atoms with van der Waals surface area (Å²) in [6.45, 7) is 6.08. The molecule has 152 valence electrons. The van der Waals surface area contributed by atoms with Crippen LogP contribution in [0.2, 0.25) is 10.0 Å². The Balaban J connectivity index is 1.95. The van der Waals surface area contributed by atoms with Crippen LogP contribution in [0, 0.1) is 0 Å². The Kier molecular flexibility index (Phi) is 6.77. The highest BCUT2D eigenvalue weighted by molar-refractivity contribution is 8.19. The van der Waals surface area contributed by atoms with Crippen LogP contribution in [0.1, 0.15) is 26.3 Å². The summed E-state index contributed by atoms with van der Waals surface area (Å²) in [4.78, 5) is 26.6. The molecule has 0 radical (unpaired) electrons. The minimum Gasteiger partial charge on any atom is -0.490 e. The van der Waals surface area contributed by atoms with Crippen molar-refractivity contribution in [1.29, 1.82) is 0 Å². The highest BCUT2D eigenvalue weighted by Crippen LogP contribution is 2.40. The molecule has 0 bridgehead atoms. The molecule has 1 saturated heterocycles. The van der Waals surface area contributed by atoms with Gasteiger partial charge in [-0.25, -0.2) is 4.90 Å². The molecule has 3 rings (SSSR count). The van der Waals surface area contributed by atoms with Crippen molar-refractivity contribution in [3.8, 4) is 11.5 Å². The molecule has 0 aromatic heterocycles. The number of carbonyl (C=O) groups excluding carboxylic acids is 2. The maximum absolute atomic E-state index is 12.8. The number of rotatable bonds is 6. The van der Waals surface area contributed by atoms with Gasteiger partial charge < -0.3 is 9.47 Å². The number of hydrogen-bond acceptors (Lipinski definition) is 5. The minimum absolute atomic E-state index is 0.0771. The number of benzene rings is 2. The van der Waals surface area contributed by atoms with Crippen LogP contribution in [0.3, 0.4) is 0 Å². The lowest BCUT2D eigenvalue weighted by atomic mass is 10.1. The summed E-state index contributed by atoms with van der Waals surface area (Å²) in [7, 11) is 0. The Bertz CT molecular complexity index is 991. The molecule has 0 aliphatic carbocycles. The van der Waals surface area contributed by atoms with Crippen molar-refractivity contribution in [2.45, 2.75) is 26.9 Å². The first kappa shape index (κ1) is 21.6. The number of imide groups is 1. The molecule has 0 unspecified atom stereocenters. The lowest BCUT2D eigenvalue weighted by Gasteiger charge is -2.16. The molecule has 1 aliphatic rings. The monoisotopic (exact) mass is 451 g/mol. The summed E-state index contributed by atoms with van der Waals surface area (Å²) in [5.74, 6) is 0.514. The molecule has 1 aliphatic heterocycles. The van der Waals surface area contributed by atoms with Crippen LogP contribution < -0.4 is 14.4 Å². The normalized spacial score (nSPS) is 15.5. The van der Waals surface area contributed by atoms with Gasteiger partial charge in [-0.15, -0.1) is 0 Å². The van der Waals surface area contributed by atoms with Crippen molar-refractivity contribution in [3.05, 3.63) is 56.9 Å². The van der Waals surface area contributed by atoms with E-state index in [1.807, 2.05) is 20.8 Å². The predicted molar refractivity (Wildman–Crippen MR) is 118 cm³/mol. The molecule has 1 heterocycles. The van der Waals surface area contributed by atoms with Crippen molar-refractivity contribution < 1.29 is 19.1 Å². The Morgan fingerprint density at radius 2 is 1.93 bits per heavy atom. The standard InChI is InChI=1S/C21H19Cl2NO4S/c1-4-27-17-9-13(8-16(23)19(17)28-12(2)3)10-18-20(25)24(21(26)29-18)15-7-5-6-14(22)11-15/h5-12H,4H2,1-3H3/b18-10+. The predicted octanol–water partition coefficient (Wildman–Crippen LogP) is 6.42. The molecule has 29 heavy (non-hydrogen) atoms. The van der Waals surface area contributed by atoms with Gasteiger partial charge in [0.2, 0.25) is 0 Å². The largest absolute Gasteiger partial charge is 0.490 e. The first-order chi connectivity index (χ1) is 13.8. The van der Waals surface area contributed by atoms with Gasteiger partial charge in [0.25, 0.3) is 11.1 Å². The average molecular weight is 452 g/mol. The molecule has 2 amide bonds. The average Bonchev–Trinajstić information content (AvgIpc) is 2.91. The van der Waals surface area contributed by atoms with Crippen LogP contribution in [0.25, 0.3) is 6.08 Å². The Morgan fingerprint density at radius 3 is 2.59 bits per heavy atom. The second kappa shape index (κ2) is 9.11. The van der Waals surface area contributed by atoms with Crippen LogP contribution in [0.15, 0.2) is 41.3 Å². The first-order valence-electron chi connectivity index (χ1n) is 8.96. The third kappa shape index (κ3) is 4.89. The van der Waals surface area contributed by atoms with Gasteiger partial charge in [-0.3, -0.25) is 9.59 Å². The van der Waals surface area contributed by atoms with E-state index in [4.69, 9.17) is 32.7 Å². The van der Waals surface area contributed by atoms with Crippen molar-refractivity contribution in [2.24, 2.45) is 0 Å². The summed E-state index contributed by atoms with van der Waals surface area (Å²) < 4.78 is 11.4. The number of ether oxygens (including phenoxy) is 2. The topological polar surface area (TPSA) is 55.8 Å². The van der Waals surface area contributed by atoms with E-state index in [0.717, 1.165) is 16.7 Å². The van der Waals surface area contributed by atoms with Crippen LogP contribution in [-0.2, 0) is 4.79 Å². The van der Waals surface area contributed by atoms with E-state index >= 15 is 0 Å². The zero-order valence-corrected chi connectivity index (χ0v) is 18.4. The molecular formula is C21H19Cl2NO4S. The minimum atomic E-state index is -0.418. The summed E-state index contributed by atoms with van der Waals surface area (Å²) in [6, 6.07) is 10.0. The molecule has 0 atom stereocenters. The van der Waals surface area contributed by atoms with Gasteiger partial charge in [0.15, 0.2) is 11.5 Å². The third-order valence-corrected chi connectivity index (χ3v) is 5.23. The zero-order chi connectivity index (χ0) is 21.1. The molecule has 0 spiro atoms. The number of amides is 2. The van der Waals surface area contributed by atoms with E-state index in [2.05, 4.69) is 0 Å². The maximum atomic E-state index is 12.8. The molecule has 0 saturated carbocycles. The zero-order valence-electron chi connectivity index (χ0n) is 16.1. The summed E-state index contributed by atoms with van der Waals surface area (Å²) >= 11 is 13.2. The molecule has 5 nitrogen and oxygen atoms in total. The van der Waals surface area contributed by atoms with Gasteiger partial charge >= 0.3 is 0 Å². The second-order valence-electron chi connectivity index (χ2n) is 6.43. The maximum Gasteiger partial charge on any atom is 0.298 e. The second-order valence-corrected chi connectivity index (χ2v) is 8.26. The molecule has 2 aromatic rings. The van der Waals surface area contributed by atoms with E-state index in [0.29, 0.717) is 39.4 Å². The number of anilines is 1. The lowest BCUT2D eigenvalue weighted by Crippen LogP contribution is -2.27. The number of nitrogens with zero attached hydrogens (tertiary/aromatic N) is 1. The number of halogens is 2. The van der Waals surface area contributed by atoms with Crippen LogP contribution in [0.4, 0.5) is 10.5 Å². The molecule has 2 aromatic carbocycles. The summed E-state index contributed by atoms with van der Waals surface area (Å²) in [5.41, 5.74) is 1.06. The van der Waals surface area contributed by atoms with Crippen molar-refractivity contribution in [1.82, 2.24) is 0 Å². The first-order valence-corrected chi connectivity index (χ1v) is 10.5. The number of carbonyl (C=O) groups is 2. The van der Waals surface area contributed by atoms with Gasteiger partial charge in [-0.2, -0.15) is 0 Å². The van der Waals surface area contributed by atoms with E-state index in [1.165, 1.54) is 0 Å².